The van der Waals surface area contributed by atoms with E-state index >= 15 is 0 Å². The predicted octanol–water partition coefficient (Wildman–Crippen LogP) is 8.06. The minimum atomic E-state index is -0.146. The topological polar surface area (TPSA) is 24.8 Å². The molecule has 3 aromatic rings. The standard InChI is InChI=1S/C28H25Cl3N2O/c1-34-22-12-9-18(10-13-22)17-33-26-14-11-21(29)16-23(26)28(31)32-25(27(33)19-6-4-7-19)15-20-5-2-3-8-24(20)30/h2-3,5,8-14,16,25H,4,6-7,15,17H2,1H3. The van der Waals surface area contributed by atoms with Gasteiger partial charge in [0.25, 0.3) is 0 Å². The molecule has 1 aliphatic heterocycles. The van der Waals surface area contributed by atoms with Crippen molar-refractivity contribution in [3.05, 3.63) is 105 Å². The van der Waals surface area contributed by atoms with Gasteiger partial charge in [-0.1, -0.05) is 65.1 Å². The predicted molar refractivity (Wildman–Crippen MR) is 143 cm³/mol. The highest BCUT2D eigenvalue weighted by Crippen LogP contribution is 2.41. The van der Waals surface area contributed by atoms with Crippen LogP contribution in [-0.4, -0.2) is 18.3 Å². The fourth-order valence-corrected chi connectivity index (χ4v) is 5.27. The lowest BCUT2D eigenvalue weighted by molar-refractivity contribution is 0.414. The summed E-state index contributed by atoms with van der Waals surface area (Å²) >= 11 is 19.8. The first-order valence-electron chi connectivity index (χ1n) is 11.4. The summed E-state index contributed by atoms with van der Waals surface area (Å²) in [4.78, 5) is 7.42. The number of benzodiazepines with no additional fused rings is 1. The number of halogens is 3. The summed E-state index contributed by atoms with van der Waals surface area (Å²) in [7, 11) is 1.68. The van der Waals surface area contributed by atoms with E-state index in [2.05, 4.69) is 29.2 Å². The van der Waals surface area contributed by atoms with Gasteiger partial charge in [0.2, 0.25) is 0 Å². The van der Waals surface area contributed by atoms with Gasteiger partial charge in [-0.15, -0.1) is 0 Å². The number of anilines is 1. The summed E-state index contributed by atoms with van der Waals surface area (Å²) < 4.78 is 5.36. The van der Waals surface area contributed by atoms with Crippen LogP contribution in [0.2, 0.25) is 10.0 Å². The zero-order valence-corrected chi connectivity index (χ0v) is 21.2. The van der Waals surface area contributed by atoms with Gasteiger partial charge in [-0.3, -0.25) is 4.99 Å². The van der Waals surface area contributed by atoms with E-state index in [1.807, 2.05) is 42.5 Å². The van der Waals surface area contributed by atoms with Gasteiger partial charge in [0.15, 0.2) is 0 Å². The van der Waals surface area contributed by atoms with Crippen LogP contribution in [0.15, 0.2) is 83.0 Å². The Morgan fingerprint density at radius 3 is 2.41 bits per heavy atom. The van der Waals surface area contributed by atoms with E-state index in [1.54, 1.807) is 7.11 Å². The maximum absolute atomic E-state index is 6.86. The molecule has 0 saturated heterocycles. The number of fused-ring (bicyclic) bond motifs is 1. The largest absolute Gasteiger partial charge is 0.497 e. The summed E-state index contributed by atoms with van der Waals surface area (Å²) in [6, 6.07) is 21.9. The molecule has 1 aliphatic carbocycles. The van der Waals surface area contributed by atoms with Crippen molar-refractivity contribution in [3.8, 4) is 5.75 Å². The van der Waals surface area contributed by atoms with Gasteiger partial charge in [-0.2, -0.15) is 0 Å². The molecule has 0 N–H and O–H groups in total. The van der Waals surface area contributed by atoms with E-state index < -0.39 is 0 Å². The Kier molecular flexibility index (Phi) is 6.87. The van der Waals surface area contributed by atoms with Gasteiger partial charge < -0.3 is 9.64 Å². The first-order valence-corrected chi connectivity index (χ1v) is 12.6. The number of methoxy groups -OCH3 is 1. The Balaban J connectivity index is 1.64. The summed E-state index contributed by atoms with van der Waals surface area (Å²) in [5.41, 5.74) is 6.76. The van der Waals surface area contributed by atoms with Crippen molar-refractivity contribution in [1.29, 1.82) is 0 Å². The maximum atomic E-state index is 6.86. The first kappa shape index (κ1) is 23.3. The fraction of sp³-hybridized carbons (Fsp3) is 0.250. The van der Waals surface area contributed by atoms with Crippen molar-refractivity contribution < 1.29 is 4.74 Å². The van der Waals surface area contributed by atoms with Gasteiger partial charge in [-0.25, -0.2) is 0 Å². The molecule has 1 atom stereocenters. The van der Waals surface area contributed by atoms with Crippen LogP contribution >= 0.6 is 34.8 Å². The molecule has 34 heavy (non-hydrogen) atoms. The zero-order valence-electron chi connectivity index (χ0n) is 18.9. The highest BCUT2D eigenvalue weighted by atomic mass is 35.5. The summed E-state index contributed by atoms with van der Waals surface area (Å²) in [6.07, 6.45) is 4.02. The van der Waals surface area contributed by atoms with Crippen molar-refractivity contribution >= 4 is 45.7 Å². The van der Waals surface area contributed by atoms with Crippen LogP contribution in [0.1, 0.15) is 36.0 Å². The average molecular weight is 512 g/mol. The lowest BCUT2D eigenvalue weighted by Gasteiger charge is -2.35. The number of rotatable bonds is 5. The minimum Gasteiger partial charge on any atom is -0.497 e. The van der Waals surface area contributed by atoms with Gasteiger partial charge in [0.05, 0.1) is 18.8 Å². The number of ether oxygens (including phenoxy) is 1. The number of aliphatic imine (C=N–C) groups is 1. The van der Waals surface area contributed by atoms with E-state index in [4.69, 9.17) is 44.5 Å². The molecule has 0 amide bonds. The minimum absolute atomic E-state index is 0.146. The molecule has 0 bridgehead atoms. The molecule has 0 aromatic heterocycles. The SMILES string of the molecule is COc1ccc(CN2C(=C3CCC3)C(Cc3ccccc3Cl)N=C(Cl)c3cc(Cl)ccc32)cc1. The van der Waals surface area contributed by atoms with Gasteiger partial charge >= 0.3 is 0 Å². The fourth-order valence-electron chi connectivity index (χ4n) is 4.62. The molecule has 0 radical (unpaired) electrons. The number of nitrogens with zero attached hydrogens (tertiary/aromatic N) is 2. The number of benzene rings is 3. The molecule has 1 unspecified atom stereocenters. The summed E-state index contributed by atoms with van der Waals surface area (Å²) in [5, 5.41) is 1.86. The number of hydrogen-bond acceptors (Lipinski definition) is 3. The van der Waals surface area contributed by atoms with Gasteiger partial charge in [0, 0.05) is 34.3 Å². The Morgan fingerprint density at radius 2 is 1.74 bits per heavy atom. The molecule has 1 heterocycles. The third-order valence-corrected chi connectivity index (χ3v) is 7.44. The molecular formula is C28H25Cl3N2O. The third kappa shape index (κ3) is 4.70. The molecule has 1 saturated carbocycles. The van der Waals surface area contributed by atoms with Crippen LogP contribution < -0.4 is 9.64 Å². The molecule has 5 rings (SSSR count). The Hall–Kier alpha value is -2.46. The monoisotopic (exact) mass is 510 g/mol. The smallest absolute Gasteiger partial charge is 0.133 e. The molecule has 1 fully saturated rings. The van der Waals surface area contributed by atoms with E-state index in [9.17, 15) is 0 Å². The average Bonchev–Trinajstić information content (AvgIpc) is 2.90. The first-order chi connectivity index (χ1) is 16.5. The van der Waals surface area contributed by atoms with Crippen molar-refractivity contribution in [3.63, 3.8) is 0 Å². The van der Waals surface area contributed by atoms with E-state index in [-0.39, 0.29) is 6.04 Å². The Bertz CT molecular complexity index is 1260. The Labute approximate surface area is 215 Å². The van der Waals surface area contributed by atoms with Crippen LogP contribution in [0, 0.1) is 0 Å². The second kappa shape index (κ2) is 10.0. The molecule has 6 heteroatoms. The summed E-state index contributed by atoms with van der Waals surface area (Å²) in [6.45, 7) is 0.691. The van der Waals surface area contributed by atoms with E-state index in [0.29, 0.717) is 23.2 Å². The lowest BCUT2D eigenvalue weighted by atomic mass is 9.86. The summed E-state index contributed by atoms with van der Waals surface area (Å²) in [5.74, 6) is 0.840. The molecular weight excluding hydrogens is 487 g/mol. The van der Waals surface area contributed by atoms with E-state index in [1.165, 1.54) is 23.3 Å². The third-order valence-electron chi connectivity index (χ3n) is 6.54. The zero-order chi connectivity index (χ0) is 23.7. The number of allylic oxidation sites excluding steroid dienone is 1. The lowest BCUT2D eigenvalue weighted by Crippen LogP contribution is -2.32. The highest BCUT2D eigenvalue weighted by Gasteiger charge is 2.32. The van der Waals surface area contributed by atoms with Gasteiger partial charge in [-0.05, 0) is 72.4 Å². The molecule has 3 aromatic carbocycles. The normalized spacial score (nSPS) is 17.6. The Morgan fingerprint density at radius 1 is 0.971 bits per heavy atom. The molecule has 174 valence electrons. The van der Waals surface area contributed by atoms with Crippen LogP contribution in [0.4, 0.5) is 5.69 Å². The number of hydrogen-bond donors (Lipinski definition) is 0. The van der Waals surface area contributed by atoms with Crippen LogP contribution in [-0.2, 0) is 13.0 Å². The van der Waals surface area contributed by atoms with Crippen LogP contribution in [0.3, 0.4) is 0 Å². The van der Waals surface area contributed by atoms with E-state index in [0.717, 1.165) is 40.4 Å². The van der Waals surface area contributed by atoms with Crippen molar-refractivity contribution in [2.75, 3.05) is 12.0 Å². The van der Waals surface area contributed by atoms with Crippen LogP contribution in [0.5, 0.6) is 5.75 Å². The second-order valence-corrected chi connectivity index (χ2v) is 9.87. The van der Waals surface area contributed by atoms with Crippen molar-refractivity contribution in [1.82, 2.24) is 0 Å². The van der Waals surface area contributed by atoms with Crippen molar-refractivity contribution in [2.24, 2.45) is 4.99 Å². The quantitative estimate of drug-likeness (QED) is 0.346. The highest BCUT2D eigenvalue weighted by molar-refractivity contribution is 6.70. The molecule has 0 spiro atoms. The van der Waals surface area contributed by atoms with Crippen LogP contribution in [0.25, 0.3) is 0 Å². The second-order valence-electron chi connectivity index (χ2n) is 8.67. The van der Waals surface area contributed by atoms with Crippen molar-refractivity contribution in [2.45, 2.75) is 38.3 Å². The molecule has 2 aliphatic rings. The van der Waals surface area contributed by atoms with Gasteiger partial charge in [0.1, 0.15) is 10.9 Å². The maximum Gasteiger partial charge on any atom is 0.133 e. The molecule has 3 nitrogen and oxygen atoms in total.